The molecule has 0 saturated carbocycles. The fraction of sp³-hybridized carbons (Fsp3) is 0.600. The van der Waals surface area contributed by atoms with Crippen LogP contribution < -0.4 is 0 Å². The van der Waals surface area contributed by atoms with Crippen LogP contribution >= 0.6 is 11.8 Å². The summed E-state index contributed by atoms with van der Waals surface area (Å²) in [6.45, 7) is 6.46. The van der Waals surface area contributed by atoms with E-state index in [4.69, 9.17) is 4.74 Å². The number of amides is 1. The second kappa shape index (κ2) is 5.37. The molecule has 2 aliphatic rings. The second-order valence-electron chi connectivity index (χ2n) is 5.69. The van der Waals surface area contributed by atoms with Crippen LogP contribution in [0, 0.1) is 6.92 Å². The molecule has 3 rings (SSSR count). The Morgan fingerprint density at radius 3 is 3.05 bits per heavy atom. The van der Waals surface area contributed by atoms with Crippen molar-refractivity contribution in [2.45, 2.75) is 31.1 Å². The SMILES string of the molecule is CCO[C@H]1CSC2(C1)CN(C(=O)c1cncc(C)c1)C2. The zero-order valence-electron chi connectivity index (χ0n) is 12.0. The van der Waals surface area contributed by atoms with Crippen LogP contribution in [-0.4, -0.2) is 52.1 Å². The number of aryl methyl sites for hydroxylation is 1. The van der Waals surface area contributed by atoms with Gasteiger partial charge in [-0.3, -0.25) is 9.78 Å². The van der Waals surface area contributed by atoms with Gasteiger partial charge in [-0.1, -0.05) is 0 Å². The third kappa shape index (κ3) is 2.56. The van der Waals surface area contributed by atoms with Gasteiger partial charge in [0.2, 0.25) is 0 Å². The number of thioether (sulfide) groups is 1. The van der Waals surface area contributed by atoms with E-state index in [0.29, 0.717) is 11.7 Å². The van der Waals surface area contributed by atoms with Crippen molar-refractivity contribution in [2.75, 3.05) is 25.4 Å². The Balaban J connectivity index is 1.59. The van der Waals surface area contributed by atoms with Gasteiger partial charge in [-0.05, 0) is 31.9 Å². The molecule has 2 fully saturated rings. The summed E-state index contributed by atoms with van der Waals surface area (Å²) in [4.78, 5) is 18.4. The normalized spacial score (nSPS) is 23.9. The Morgan fingerprint density at radius 1 is 1.55 bits per heavy atom. The highest BCUT2D eigenvalue weighted by Crippen LogP contribution is 2.46. The average molecular weight is 292 g/mol. The summed E-state index contributed by atoms with van der Waals surface area (Å²) in [6, 6.07) is 1.91. The maximum absolute atomic E-state index is 12.4. The first kappa shape index (κ1) is 13.9. The number of aromatic nitrogens is 1. The first-order valence-electron chi connectivity index (χ1n) is 7.08. The van der Waals surface area contributed by atoms with Crippen LogP contribution in [0.3, 0.4) is 0 Å². The van der Waals surface area contributed by atoms with Crippen molar-refractivity contribution in [2.24, 2.45) is 0 Å². The Labute approximate surface area is 123 Å². The number of carbonyl (C=O) groups excluding carboxylic acids is 1. The number of rotatable bonds is 3. The summed E-state index contributed by atoms with van der Waals surface area (Å²) in [5, 5.41) is 0. The molecule has 5 heteroatoms. The molecule has 0 aromatic carbocycles. The first-order chi connectivity index (χ1) is 9.62. The van der Waals surface area contributed by atoms with E-state index < -0.39 is 0 Å². The molecular weight excluding hydrogens is 272 g/mol. The van der Waals surface area contributed by atoms with Crippen LogP contribution in [0.1, 0.15) is 29.3 Å². The topological polar surface area (TPSA) is 42.4 Å². The van der Waals surface area contributed by atoms with Gasteiger partial charge < -0.3 is 9.64 Å². The van der Waals surface area contributed by atoms with E-state index in [1.165, 1.54) is 0 Å². The molecule has 0 N–H and O–H groups in total. The Bertz CT molecular complexity index is 514. The number of likely N-dealkylation sites (tertiary alicyclic amines) is 1. The third-order valence-electron chi connectivity index (χ3n) is 3.94. The van der Waals surface area contributed by atoms with E-state index in [1.807, 2.05) is 36.6 Å². The van der Waals surface area contributed by atoms with Crippen LogP contribution in [0.5, 0.6) is 0 Å². The van der Waals surface area contributed by atoms with Gasteiger partial charge in [0.05, 0.1) is 16.4 Å². The summed E-state index contributed by atoms with van der Waals surface area (Å²) < 4.78 is 5.94. The zero-order valence-corrected chi connectivity index (χ0v) is 12.8. The zero-order chi connectivity index (χ0) is 14.2. The quantitative estimate of drug-likeness (QED) is 0.856. The van der Waals surface area contributed by atoms with E-state index in [2.05, 4.69) is 4.98 Å². The number of pyridine rings is 1. The Hall–Kier alpha value is -1.07. The van der Waals surface area contributed by atoms with Crippen molar-refractivity contribution in [3.05, 3.63) is 29.6 Å². The number of ether oxygens (including phenoxy) is 1. The summed E-state index contributed by atoms with van der Waals surface area (Å²) in [7, 11) is 0. The molecule has 108 valence electrons. The molecule has 1 aromatic heterocycles. The van der Waals surface area contributed by atoms with Crippen molar-refractivity contribution < 1.29 is 9.53 Å². The largest absolute Gasteiger partial charge is 0.378 e. The molecule has 20 heavy (non-hydrogen) atoms. The minimum atomic E-state index is 0.104. The van der Waals surface area contributed by atoms with Gasteiger partial charge in [-0.2, -0.15) is 0 Å². The van der Waals surface area contributed by atoms with Gasteiger partial charge in [-0.25, -0.2) is 0 Å². The summed E-state index contributed by atoms with van der Waals surface area (Å²) >= 11 is 1.96. The Kier molecular flexibility index (Phi) is 3.73. The predicted molar refractivity (Wildman–Crippen MR) is 80.1 cm³/mol. The lowest BCUT2D eigenvalue weighted by Crippen LogP contribution is -2.60. The lowest BCUT2D eigenvalue weighted by Gasteiger charge is -2.47. The van der Waals surface area contributed by atoms with Gasteiger partial charge in [0.15, 0.2) is 0 Å². The lowest BCUT2D eigenvalue weighted by atomic mass is 9.92. The molecule has 0 unspecified atom stereocenters. The molecular formula is C15H20N2O2S. The highest BCUT2D eigenvalue weighted by Gasteiger charge is 2.50. The molecule has 1 aromatic rings. The van der Waals surface area contributed by atoms with E-state index in [9.17, 15) is 4.79 Å². The predicted octanol–water partition coefficient (Wildman–Crippen LogP) is 2.13. The Morgan fingerprint density at radius 2 is 2.35 bits per heavy atom. The van der Waals surface area contributed by atoms with Gasteiger partial charge in [0.25, 0.3) is 5.91 Å². The van der Waals surface area contributed by atoms with Gasteiger partial charge in [-0.15, -0.1) is 11.8 Å². The van der Waals surface area contributed by atoms with Crippen LogP contribution in [0.25, 0.3) is 0 Å². The highest BCUT2D eigenvalue weighted by atomic mass is 32.2. The fourth-order valence-corrected chi connectivity index (χ4v) is 4.56. The van der Waals surface area contributed by atoms with Crippen LogP contribution in [-0.2, 0) is 4.74 Å². The van der Waals surface area contributed by atoms with Gasteiger partial charge in [0, 0.05) is 37.8 Å². The molecule has 1 amide bonds. The smallest absolute Gasteiger partial charge is 0.255 e. The van der Waals surface area contributed by atoms with Crippen molar-refractivity contribution >= 4 is 17.7 Å². The number of carbonyl (C=O) groups is 1. The fourth-order valence-electron chi connectivity index (χ4n) is 3.01. The molecule has 1 spiro atoms. The van der Waals surface area contributed by atoms with Gasteiger partial charge in [0.1, 0.15) is 0 Å². The van der Waals surface area contributed by atoms with E-state index >= 15 is 0 Å². The first-order valence-corrected chi connectivity index (χ1v) is 8.07. The summed E-state index contributed by atoms with van der Waals surface area (Å²) in [5.41, 5.74) is 1.72. The van der Waals surface area contributed by atoms with E-state index in [1.54, 1.807) is 12.4 Å². The van der Waals surface area contributed by atoms with Crippen molar-refractivity contribution in [1.29, 1.82) is 0 Å². The molecule has 0 aliphatic carbocycles. The highest BCUT2D eigenvalue weighted by molar-refractivity contribution is 8.01. The van der Waals surface area contributed by atoms with Crippen molar-refractivity contribution in [3.8, 4) is 0 Å². The minimum absolute atomic E-state index is 0.104. The van der Waals surface area contributed by atoms with E-state index in [0.717, 1.165) is 37.4 Å². The molecule has 2 saturated heterocycles. The molecule has 0 radical (unpaired) electrons. The average Bonchev–Trinajstić information content (AvgIpc) is 2.81. The van der Waals surface area contributed by atoms with Crippen molar-refractivity contribution in [3.63, 3.8) is 0 Å². The molecule has 2 aliphatic heterocycles. The standard InChI is InChI=1S/C15H20N2O2S/c1-3-19-13-5-15(20-8-13)9-17(10-15)14(18)12-4-11(2)6-16-7-12/h4,6-7,13H,3,5,8-10H2,1-2H3/t13-/m1/s1. The molecule has 4 nitrogen and oxygen atoms in total. The van der Waals surface area contributed by atoms with Crippen molar-refractivity contribution in [1.82, 2.24) is 9.88 Å². The minimum Gasteiger partial charge on any atom is -0.378 e. The van der Waals surface area contributed by atoms with Crippen LogP contribution in [0.15, 0.2) is 18.5 Å². The van der Waals surface area contributed by atoms with Gasteiger partial charge >= 0.3 is 0 Å². The number of hydrogen-bond acceptors (Lipinski definition) is 4. The molecule has 3 heterocycles. The van der Waals surface area contributed by atoms with E-state index in [-0.39, 0.29) is 10.7 Å². The lowest BCUT2D eigenvalue weighted by molar-refractivity contribution is 0.0359. The maximum Gasteiger partial charge on any atom is 0.255 e. The second-order valence-corrected chi connectivity index (χ2v) is 7.18. The molecule has 1 atom stereocenters. The summed E-state index contributed by atoms with van der Waals surface area (Å²) in [6.07, 6.45) is 4.86. The summed E-state index contributed by atoms with van der Waals surface area (Å²) in [5.74, 6) is 1.16. The monoisotopic (exact) mass is 292 g/mol. The van der Waals surface area contributed by atoms with Crippen LogP contribution in [0.2, 0.25) is 0 Å². The molecule has 0 bridgehead atoms. The number of nitrogens with zero attached hydrogens (tertiary/aromatic N) is 2. The third-order valence-corrected chi connectivity index (χ3v) is 5.52. The maximum atomic E-state index is 12.4. The van der Waals surface area contributed by atoms with Crippen LogP contribution in [0.4, 0.5) is 0 Å². The number of hydrogen-bond donors (Lipinski definition) is 0.